The average molecular weight is 344 g/mol. The van der Waals surface area contributed by atoms with Gasteiger partial charge >= 0.3 is 41.5 Å². The molecule has 24 heavy (non-hydrogen) atoms. The van der Waals surface area contributed by atoms with E-state index in [-0.39, 0.29) is 36.0 Å². The molecule has 1 aromatic carbocycles. The van der Waals surface area contributed by atoms with Gasteiger partial charge in [-0.1, -0.05) is 88.6 Å². The summed E-state index contributed by atoms with van der Waals surface area (Å²) >= 11 is 0. The summed E-state index contributed by atoms with van der Waals surface area (Å²) in [5, 5.41) is 19.1. The van der Waals surface area contributed by atoms with Crippen molar-refractivity contribution < 1.29 is 19.8 Å². The topological polar surface area (TPSA) is 74.6 Å². The zero-order valence-electron chi connectivity index (χ0n) is 14.0. The van der Waals surface area contributed by atoms with Crippen LogP contribution in [-0.4, -0.2) is 51.7 Å². The zero-order valence-corrected chi connectivity index (χ0v) is 14.0. The molecule has 0 saturated heterocycles. The minimum absolute atomic E-state index is 0. The molecule has 0 atom stereocenters. The fraction of sp³-hybridized carbons (Fsp3) is 0.579. The fourth-order valence-electron chi connectivity index (χ4n) is 2.94. The number of hydrogen-bond acceptors (Lipinski definition) is 2. The van der Waals surface area contributed by atoms with Crippen LogP contribution in [0.3, 0.4) is 0 Å². The van der Waals surface area contributed by atoms with Gasteiger partial charge in [-0.25, -0.2) is 0 Å². The Kier molecular flexibility index (Phi) is 12.1. The molecule has 0 spiro atoms. The Morgan fingerprint density at radius 3 is 1.75 bits per heavy atom. The van der Waals surface area contributed by atoms with E-state index in [1.54, 1.807) is 30.3 Å². The maximum absolute atomic E-state index is 11.7. The van der Waals surface area contributed by atoms with Crippen molar-refractivity contribution in [3.05, 3.63) is 35.9 Å². The zero-order chi connectivity index (χ0) is 17.1. The second kappa shape index (κ2) is 12.5. The number of benzene rings is 1. The Morgan fingerprint density at radius 2 is 1.29 bits per heavy atom. The molecule has 0 unspecified atom stereocenters. The molecular weight excluding hydrogens is 315 g/mol. The summed E-state index contributed by atoms with van der Waals surface area (Å²) in [6.45, 7) is 2.18. The van der Waals surface area contributed by atoms with Crippen LogP contribution in [0.25, 0.3) is 0 Å². The number of hydrogen-bond donors (Lipinski definition) is 2. The first-order chi connectivity index (χ1) is 11.1. The van der Waals surface area contributed by atoms with E-state index in [2.05, 4.69) is 6.92 Å². The number of carboxylic acids is 2. The number of carboxylic acid groups (broad SMARTS) is 2. The molecule has 0 heterocycles. The van der Waals surface area contributed by atoms with Gasteiger partial charge in [0.15, 0.2) is 5.41 Å². The Balaban J connectivity index is 0.00000529. The van der Waals surface area contributed by atoms with E-state index in [0.29, 0.717) is 12.0 Å². The monoisotopic (exact) mass is 344 g/mol. The van der Waals surface area contributed by atoms with Crippen molar-refractivity contribution in [3.63, 3.8) is 0 Å². The van der Waals surface area contributed by atoms with Crippen molar-refractivity contribution in [1.29, 1.82) is 0 Å². The molecule has 0 aromatic heterocycles. The van der Waals surface area contributed by atoms with Crippen molar-refractivity contribution >= 4 is 41.5 Å². The van der Waals surface area contributed by atoms with E-state index in [4.69, 9.17) is 0 Å². The molecule has 2 N–H and O–H groups in total. The van der Waals surface area contributed by atoms with E-state index in [0.717, 1.165) is 19.3 Å². The molecule has 1 rings (SSSR count). The number of aliphatic carboxylic acids is 2. The second-order valence-corrected chi connectivity index (χ2v) is 6.11. The molecule has 0 radical (unpaired) electrons. The predicted octanol–water partition coefficient (Wildman–Crippen LogP) is 3.98. The van der Waals surface area contributed by atoms with Gasteiger partial charge in [0.05, 0.1) is 0 Å². The average Bonchev–Trinajstić information content (AvgIpc) is 2.54. The number of carbonyl (C=O) groups is 2. The number of unbranched alkanes of at least 4 members (excludes halogenated alkanes) is 7. The van der Waals surface area contributed by atoms with Crippen molar-refractivity contribution in [2.45, 2.75) is 70.1 Å². The first-order valence-corrected chi connectivity index (χ1v) is 8.58. The van der Waals surface area contributed by atoms with E-state index < -0.39 is 17.4 Å². The Labute approximate surface area is 167 Å². The van der Waals surface area contributed by atoms with Crippen LogP contribution >= 0.6 is 0 Å². The summed E-state index contributed by atoms with van der Waals surface area (Å²) in [6.07, 6.45) is 8.72. The molecule has 5 heteroatoms. The van der Waals surface area contributed by atoms with E-state index in [9.17, 15) is 19.8 Å². The summed E-state index contributed by atoms with van der Waals surface area (Å²) in [4.78, 5) is 23.4. The molecule has 0 aliphatic carbocycles. The second-order valence-electron chi connectivity index (χ2n) is 6.11. The molecule has 0 aliphatic heterocycles. The molecular formula is C19H29NaO4. The van der Waals surface area contributed by atoms with Crippen LogP contribution < -0.4 is 0 Å². The van der Waals surface area contributed by atoms with Crippen LogP contribution in [0.15, 0.2) is 30.3 Å². The Bertz CT molecular complexity index is 473. The standard InChI is InChI=1S/C19H28O4.Na.H/c1-2-3-4-5-6-7-8-12-15-19(17(20)21,18(22)23)16-13-10-9-11-14-16;;/h9-11,13-14H,2-8,12,15H2,1H3,(H,20,21)(H,22,23);;. The van der Waals surface area contributed by atoms with Crippen LogP contribution in [0.5, 0.6) is 0 Å². The van der Waals surface area contributed by atoms with Crippen LogP contribution in [0.2, 0.25) is 0 Å². The van der Waals surface area contributed by atoms with E-state index >= 15 is 0 Å². The molecule has 0 bridgehead atoms. The van der Waals surface area contributed by atoms with Gasteiger partial charge in [0.2, 0.25) is 0 Å². The molecule has 4 nitrogen and oxygen atoms in total. The molecule has 0 amide bonds. The van der Waals surface area contributed by atoms with Crippen molar-refractivity contribution in [3.8, 4) is 0 Å². The third-order valence-electron chi connectivity index (χ3n) is 4.40. The van der Waals surface area contributed by atoms with Gasteiger partial charge in [0.1, 0.15) is 0 Å². The normalized spacial score (nSPS) is 10.9. The van der Waals surface area contributed by atoms with Gasteiger partial charge in [0.25, 0.3) is 0 Å². The van der Waals surface area contributed by atoms with Gasteiger partial charge < -0.3 is 10.2 Å². The minimum atomic E-state index is -1.83. The first-order valence-electron chi connectivity index (χ1n) is 8.58. The summed E-state index contributed by atoms with van der Waals surface area (Å²) in [7, 11) is 0. The third-order valence-corrected chi connectivity index (χ3v) is 4.40. The van der Waals surface area contributed by atoms with Gasteiger partial charge in [-0.3, -0.25) is 9.59 Å². The molecule has 1 aromatic rings. The van der Waals surface area contributed by atoms with Crippen molar-refractivity contribution in [2.24, 2.45) is 0 Å². The Hall–Kier alpha value is -0.840. The molecule has 0 fully saturated rings. The maximum atomic E-state index is 11.7. The molecule has 0 saturated carbocycles. The van der Waals surface area contributed by atoms with E-state index in [1.807, 2.05) is 0 Å². The fourth-order valence-corrected chi connectivity index (χ4v) is 2.94. The van der Waals surface area contributed by atoms with Crippen LogP contribution in [0, 0.1) is 0 Å². The van der Waals surface area contributed by atoms with Crippen LogP contribution in [0.4, 0.5) is 0 Å². The van der Waals surface area contributed by atoms with Gasteiger partial charge in [0, 0.05) is 0 Å². The van der Waals surface area contributed by atoms with Gasteiger partial charge in [-0.15, -0.1) is 0 Å². The number of rotatable bonds is 12. The predicted molar refractivity (Wildman–Crippen MR) is 97.8 cm³/mol. The van der Waals surface area contributed by atoms with E-state index in [1.165, 1.54) is 25.7 Å². The molecule has 130 valence electrons. The summed E-state index contributed by atoms with van der Waals surface area (Å²) < 4.78 is 0. The van der Waals surface area contributed by atoms with Crippen LogP contribution in [-0.2, 0) is 15.0 Å². The summed E-state index contributed by atoms with van der Waals surface area (Å²) in [5.74, 6) is -2.56. The van der Waals surface area contributed by atoms with Gasteiger partial charge in [-0.05, 0) is 12.0 Å². The van der Waals surface area contributed by atoms with Gasteiger partial charge in [-0.2, -0.15) is 0 Å². The first kappa shape index (κ1) is 23.2. The molecule has 0 aliphatic rings. The third kappa shape index (κ3) is 6.58. The van der Waals surface area contributed by atoms with Crippen LogP contribution in [0.1, 0.15) is 70.3 Å². The summed E-state index contributed by atoms with van der Waals surface area (Å²) in [5.41, 5.74) is -1.48. The van der Waals surface area contributed by atoms with Crippen molar-refractivity contribution in [1.82, 2.24) is 0 Å². The SMILES string of the molecule is CCCCCCCCCCC(C(=O)O)(C(=O)O)c1ccccc1.[NaH]. The quantitative estimate of drug-likeness (QED) is 0.342. The Morgan fingerprint density at radius 1 is 0.833 bits per heavy atom. The summed E-state index contributed by atoms with van der Waals surface area (Å²) in [6, 6.07) is 8.31. The van der Waals surface area contributed by atoms with Crippen molar-refractivity contribution in [2.75, 3.05) is 0 Å².